The molecular weight excluding hydrogens is 472 g/mol. The SMILES string of the molecule is CCCCCCCCCCCOC(=O)C1=C(C)NC(C)=C(C(=O)OC(C)C)C1c1cccc([N+](=O)[O-])c1. The molecule has 0 saturated heterocycles. The maximum atomic E-state index is 13.3. The molecule has 1 aromatic carbocycles. The van der Waals surface area contributed by atoms with Crippen LogP contribution in [0.5, 0.6) is 0 Å². The first-order chi connectivity index (χ1) is 17.7. The molecular formula is C29H42N2O6. The summed E-state index contributed by atoms with van der Waals surface area (Å²) in [5.41, 5.74) is 1.93. The van der Waals surface area contributed by atoms with Gasteiger partial charge in [-0.25, -0.2) is 9.59 Å². The van der Waals surface area contributed by atoms with Gasteiger partial charge in [-0.1, -0.05) is 70.4 Å². The van der Waals surface area contributed by atoms with Crippen molar-refractivity contribution in [1.29, 1.82) is 0 Å². The van der Waals surface area contributed by atoms with Crippen LogP contribution in [0.1, 0.15) is 104 Å². The highest BCUT2D eigenvalue weighted by Crippen LogP contribution is 2.40. The zero-order valence-corrected chi connectivity index (χ0v) is 22.9. The second-order valence-electron chi connectivity index (χ2n) is 9.91. The zero-order chi connectivity index (χ0) is 27.4. The molecule has 37 heavy (non-hydrogen) atoms. The van der Waals surface area contributed by atoms with E-state index < -0.39 is 22.8 Å². The van der Waals surface area contributed by atoms with E-state index in [0.29, 0.717) is 17.0 Å². The topological polar surface area (TPSA) is 108 Å². The number of nitro groups is 1. The smallest absolute Gasteiger partial charge is 0.337 e. The van der Waals surface area contributed by atoms with E-state index in [-0.39, 0.29) is 29.5 Å². The highest BCUT2D eigenvalue weighted by Gasteiger charge is 2.38. The summed E-state index contributed by atoms with van der Waals surface area (Å²) in [6, 6.07) is 6.01. The number of ether oxygens (including phenoxy) is 2. The Bertz CT molecular complexity index is 1010. The molecule has 0 aromatic heterocycles. The first-order valence-electron chi connectivity index (χ1n) is 13.5. The average Bonchev–Trinajstić information content (AvgIpc) is 2.84. The maximum Gasteiger partial charge on any atom is 0.337 e. The van der Waals surface area contributed by atoms with Crippen LogP contribution >= 0.6 is 0 Å². The predicted octanol–water partition coefficient (Wildman–Crippen LogP) is 6.86. The molecule has 0 saturated carbocycles. The molecule has 1 N–H and O–H groups in total. The average molecular weight is 515 g/mol. The Hall–Kier alpha value is -3.16. The molecule has 2 rings (SSSR count). The number of hydrogen-bond acceptors (Lipinski definition) is 7. The van der Waals surface area contributed by atoms with Gasteiger partial charge < -0.3 is 14.8 Å². The van der Waals surface area contributed by atoms with Crippen LogP contribution in [-0.4, -0.2) is 29.6 Å². The summed E-state index contributed by atoms with van der Waals surface area (Å²) < 4.78 is 11.1. The van der Waals surface area contributed by atoms with E-state index in [1.54, 1.807) is 39.8 Å². The molecule has 1 unspecified atom stereocenters. The van der Waals surface area contributed by atoms with Crippen LogP contribution < -0.4 is 5.32 Å². The number of non-ortho nitro benzene ring substituents is 1. The van der Waals surface area contributed by atoms with Crippen molar-refractivity contribution in [2.75, 3.05) is 6.61 Å². The van der Waals surface area contributed by atoms with Crippen molar-refractivity contribution >= 4 is 17.6 Å². The number of allylic oxidation sites excluding steroid dienone is 2. The summed E-state index contributed by atoms with van der Waals surface area (Å²) in [5, 5.41) is 14.6. The lowest BCUT2D eigenvalue weighted by molar-refractivity contribution is -0.384. The van der Waals surface area contributed by atoms with Crippen molar-refractivity contribution in [2.24, 2.45) is 0 Å². The third-order valence-corrected chi connectivity index (χ3v) is 6.44. The molecule has 1 aliphatic heterocycles. The van der Waals surface area contributed by atoms with Crippen LogP contribution in [0.3, 0.4) is 0 Å². The van der Waals surface area contributed by atoms with Crippen molar-refractivity contribution in [1.82, 2.24) is 5.32 Å². The van der Waals surface area contributed by atoms with Gasteiger partial charge in [-0.15, -0.1) is 0 Å². The molecule has 1 aliphatic rings. The summed E-state index contributed by atoms with van der Waals surface area (Å²) in [6.45, 7) is 9.45. The number of nitro benzene ring substituents is 1. The van der Waals surface area contributed by atoms with E-state index >= 15 is 0 Å². The Morgan fingerprint density at radius 1 is 0.946 bits per heavy atom. The lowest BCUT2D eigenvalue weighted by Crippen LogP contribution is -2.33. The van der Waals surface area contributed by atoms with Gasteiger partial charge >= 0.3 is 11.9 Å². The predicted molar refractivity (Wildman–Crippen MR) is 144 cm³/mol. The molecule has 8 heteroatoms. The molecule has 0 spiro atoms. The van der Waals surface area contributed by atoms with Crippen LogP contribution in [0.25, 0.3) is 0 Å². The monoisotopic (exact) mass is 514 g/mol. The van der Waals surface area contributed by atoms with Gasteiger partial charge in [0.1, 0.15) is 0 Å². The number of dihydropyridines is 1. The molecule has 0 fully saturated rings. The minimum Gasteiger partial charge on any atom is -0.462 e. The minimum atomic E-state index is -0.844. The number of rotatable bonds is 15. The van der Waals surface area contributed by atoms with Crippen LogP contribution in [0, 0.1) is 10.1 Å². The van der Waals surface area contributed by atoms with E-state index in [0.717, 1.165) is 19.3 Å². The maximum absolute atomic E-state index is 13.3. The zero-order valence-electron chi connectivity index (χ0n) is 22.9. The first kappa shape index (κ1) is 30.1. The third-order valence-electron chi connectivity index (χ3n) is 6.44. The Kier molecular flexibility index (Phi) is 12.3. The van der Waals surface area contributed by atoms with Crippen molar-refractivity contribution in [3.05, 3.63) is 62.5 Å². The summed E-state index contributed by atoms with van der Waals surface area (Å²) in [6.07, 6.45) is 10.0. The van der Waals surface area contributed by atoms with E-state index in [2.05, 4.69) is 12.2 Å². The number of hydrogen-bond donors (Lipinski definition) is 1. The van der Waals surface area contributed by atoms with E-state index in [1.165, 1.54) is 50.7 Å². The fraction of sp³-hybridized carbons (Fsp3) is 0.586. The molecule has 0 amide bonds. The third kappa shape index (κ3) is 9.02. The van der Waals surface area contributed by atoms with E-state index in [9.17, 15) is 19.7 Å². The van der Waals surface area contributed by atoms with Gasteiger partial charge in [0, 0.05) is 23.5 Å². The van der Waals surface area contributed by atoms with E-state index in [1.807, 2.05) is 0 Å². The lowest BCUT2D eigenvalue weighted by atomic mass is 9.80. The van der Waals surface area contributed by atoms with Gasteiger partial charge in [-0.05, 0) is 39.7 Å². The first-order valence-corrected chi connectivity index (χ1v) is 13.5. The van der Waals surface area contributed by atoms with Gasteiger partial charge in [-0.2, -0.15) is 0 Å². The van der Waals surface area contributed by atoms with Crippen LogP contribution in [-0.2, 0) is 19.1 Å². The Labute approximate surface area is 220 Å². The summed E-state index contributed by atoms with van der Waals surface area (Å²) in [4.78, 5) is 37.4. The van der Waals surface area contributed by atoms with Gasteiger partial charge in [0.25, 0.3) is 5.69 Å². The lowest BCUT2D eigenvalue weighted by Gasteiger charge is -2.30. The number of esters is 2. The summed E-state index contributed by atoms with van der Waals surface area (Å²) in [7, 11) is 0. The largest absolute Gasteiger partial charge is 0.462 e. The highest BCUT2D eigenvalue weighted by molar-refractivity contribution is 6.00. The number of nitrogens with zero attached hydrogens (tertiary/aromatic N) is 1. The van der Waals surface area contributed by atoms with Crippen LogP contribution in [0.2, 0.25) is 0 Å². The van der Waals surface area contributed by atoms with E-state index in [4.69, 9.17) is 9.47 Å². The number of carbonyl (C=O) groups excluding carboxylic acids is 2. The van der Waals surface area contributed by atoms with Gasteiger partial charge in [0.05, 0.1) is 34.7 Å². The molecule has 0 aliphatic carbocycles. The number of nitrogens with one attached hydrogen (secondary N) is 1. The number of benzene rings is 1. The van der Waals surface area contributed by atoms with Crippen molar-refractivity contribution in [3.63, 3.8) is 0 Å². The van der Waals surface area contributed by atoms with Gasteiger partial charge in [0.2, 0.25) is 0 Å². The minimum absolute atomic E-state index is 0.120. The second kappa shape index (κ2) is 15.2. The molecule has 0 bridgehead atoms. The Morgan fingerprint density at radius 2 is 1.51 bits per heavy atom. The summed E-state index contributed by atoms with van der Waals surface area (Å²) in [5.74, 6) is -1.96. The molecule has 1 heterocycles. The molecule has 1 atom stereocenters. The van der Waals surface area contributed by atoms with Crippen LogP contribution in [0.15, 0.2) is 46.8 Å². The molecule has 8 nitrogen and oxygen atoms in total. The van der Waals surface area contributed by atoms with Crippen molar-refractivity contribution < 1.29 is 24.0 Å². The fourth-order valence-corrected chi connectivity index (χ4v) is 4.62. The van der Waals surface area contributed by atoms with Crippen molar-refractivity contribution in [3.8, 4) is 0 Å². The normalized spacial score (nSPS) is 15.6. The quantitative estimate of drug-likeness (QED) is 0.118. The van der Waals surface area contributed by atoms with Crippen LogP contribution in [0.4, 0.5) is 5.69 Å². The number of carbonyl (C=O) groups is 2. The molecule has 1 aromatic rings. The van der Waals surface area contributed by atoms with Crippen molar-refractivity contribution in [2.45, 2.75) is 104 Å². The summed E-state index contributed by atoms with van der Waals surface area (Å²) >= 11 is 0. The second-order valence-corrected chi connectivity index (χ2v) is 9.91. The Balaban J connectivity index is 2.17. The van der Waals surface area contributed by atoms with Gasteiger partial charge in [-0.3, -0.25) is 10.1 Å². The standard InChI is InChI=1S/C29H42N2O6/c1-6-7-8-9-10-11-12-13-14-18-36-28(32)25-21(4)30-22(5)26(29(33)37-20(2)3)27(25)23-16-15-17-24(19-23)31(34)35/h15-17,19-20,27,30H,6-14,18H2,1-5H3. The Morgan fingerprint density at radius 3 is 2.08 bits per heavy atom. The molecule has 204 valence electrons. The van der Waals surface area contributed by atoms with Gasteiger partial charge in [0.15, 0.2) is 0 Å². The molecule has 0 radical (unpaired) electrons. The number of unbranched alkanes of at least 4 members (excludes halogenated alkanes) is 8. The fourth-order valence-electron chi connectivity index (χ4n) is 4.62. The highest BCUT2D eigenvalue weighted by atomic mass is 16.6.